The number of carbonyl (C=O) groups excluding carboxylic acids is 3. The van der Waals surface area contributed by atoms with Gasteiger partial charge in [-0.1, -0.05) is 12.1 Å². The Balaban J connectivity index is 1.83. The molecule has 0 amide bonds. The Bertz CT molecular complexity index is 1050. The number of hydrogen-bond donors (Lipinski definition) is 4. The average Bonchev–Trinajstić information content (AvgIpc) is 2.70. The summed E-state index contributed by atoms with van der Waals surface area (Å²) >= 11 is 0. The Labute approximate surface area is 178 Å². The van der Waals surface area contributed by atoms with E-state index in [0.717, 1.165) is 12.5 Å². The first-order chi connectivity index (χ1) is 14.7. The van der Waals surface area contributed by atoms with Gasteiger partial charge in [-0.2, -0.15) is 0 Å². The molecule has 164 valence electrons. The summed E-state index contributed by atoms with van der Waals surface area (Å²) in [6.45, 7) is 1.25. The zero-order valence-electron chi connectivity index (χ0n) is 17.1. The van der Waals surface area contributed by atoms with Crippen LogP contribution in [0.4, 0.5) is 0 Å². The standard InChI is InChI=1S/C23H24O8/c1-11(25)17-15(26)10-14-9-13-8-12-4-2-5-16(31-7-3-6-24)18(12)20(27)19(13)22(29)23(14,30)21(17)28/h2,4-5,13-14,24,27-28,30H,3,6-10H2,1H3/t13-,14-,23+/m0/s1. The van der Waals surface area contributed by atoms with Crippen molar-refractivity contribution < 1.29 is 39.5 Å². The minimum Gasteiger partial charge on any atom is -0.508 e. The molecular formula is C23H24O8. The number of aliphatic hydroxyl groups excluding tert-OH is 3. The minimum absolute atomic E-state index is 0.0340. The van der Waals surface area contributed by atoms with E-state index in [9.17, 15) is 29.7 Å². The lowest BCUT2D eigenvalue weighted by atomic mass is 9.59. The van der Waals surface area contributed by atoms with Crippen molar-refractivity contribution in [3.05, 3.63) is 46.2 Å². The largest absolute Gasteiger partial charge is 0.508 e. The molecule has 1 saturated carbocycles. The fourth-order valence-electron chi connectivity index (χ4n) is 5.02. The first-order valence-corrected chi connectivity index (χ1v) is 10.3. The van der Waals surface area contributed by atoms with Crippen molar-refractivity contribution >= 4 is 23.1 Å². The van der Waals surface area contributed by atoms with E-state index in [1.807, 2.05) is 6.07 Å². The van der Waals surface area contributed by atoms with Crippen LogP contribution < -0.4 is 4.74 Å². The molecule has 8 nitrogen and oxygen atoms in total. The van der Waals surface area contributed by atoms with Crippen LogP contribution in [0.5, 0.6) is 5.75 Å². The van der Waals surface area contributed by atoms with Crippen LogP contribution in [-0.2, 0) is 20.8 Å². The number of rotatable bonds is 5. The average molecular weight is 428 g/mol. The summed E-state index contributed by atoms with van der Waals surface area (Å²) in [6.07, 6.45) is 0.744. The Kier molecular flexibility index (Phi) is 5.23. The fourth-order valence-corrected chi connectivity index (χ4v) is 5.02. The maximum Gasteiger partial charge on any atom is 0.202 e. The molecule has 1 aromatic carbocycles. The molecule has 3 aliphatic rings. The molecule has 0 aliphatic heterocycles. The van der Waals surface area contributed by atoms with E-state index in [4.69, 9.17) is 9.84 Å². The molecule has 0 bridgehead atoms. The SMILES string of the molecule is CC(=O)C1=C(O)[C@@]2(O)C(=O)C3=C(O)c4c(cccc4OCCCO)C[C@H]3C[C@H]2CC1=O. The number of ketones is 3. The molecule has 4 N–H and O–H groups in total. The topological polar surface area (TPSA) is 141 Å². The predicted octanol–water partition coefficient (Wildman–Crippen LogP) is 1.58. The fraction of sp³-hybridized carbons (Fsp3) is 0.435. The molecule has 8 heteroatoms. The van der Waals surface area contributed by atoms with Crippen LogP contribution in [0.2, 0.25) is 0 Å². The molecule has 4 rings (SSSR count). The number of fused-ring (bicyclic) bond motifs is 3. The van der Waals surface area contributed by atoms with Gasteiger partial charge >= 0.3 is 0 Å². The van der Waals surface area contributed by atoms with Gasteiger partial charge in [-0.15, -0.1) is 0 Å². The molecule has 0 radical (unpaired) electrons. The second-order valence-corrected chi connectivity index (χ2v) is 8.31. The second kappa shape index (κ2) is 7.62. The zero-order valence-corrected chi connectivity index (χ0v) is 17.1. The smallest absolute Gasteiger partial charge is 0.202 e. The van der Waals surface area contributed by atoms with Crippen molar-refractivity contribution in [1.82, 2.24) is 0 Å². The summed E-state index contributed by atoms with van der Waals surface area (Å²) in [7, 11) is 0. The van der Waals surface area contributed by atoms with Crippen LogP contribution in [0, 0.1) is 11.8 Å². The van der Waals surface area contributed by atoms with Crippen LogP contribution in [-0.4, -0.2) is 56.6 Å². The highest BCUT2D eigenvalue weighted by molar-refractivity contribution is 6.23. The number of ether oxygens (including phenoxy) is 1. The maximum atomic E-state index is 13.4. The van der Waals surface area contributed by atoms with Gasteiger partial charge < -0.3 is 25.2 Å². The Hall–Kier alpha value is -2.97. The lowest BCUT2D eigenvalue weighted by Crippen LogP contribution is -2.57. The maximum absolute atomic E-state index is 13.4. The highest BCUT2D eigenvalue weighted by Gasteiger charge is 2.60. The van der Waals surface area contributed by atoms with Gasteiger partial charge in [0.15, 0.2) is 17.2 Å². The van der Waals surface area contributed by atoms with Crippen LogP contribution in [0.1, 0.15) is 37.3 Å². The van der Waals surface area contributed by atoms with E-state index in [0.29, 0.717) is 24.2 Å². The van der Waals surface area contributed by atoms with Gasteiger partial charge in [-0.05, 0) is 37.3 Å². The van der Waals surface area contributed by atoms with E-state index >= 15 is 0 Å². The van der Waals surface area contributed by atoms with Gasteiger partial charge in [-0.25, -0.2) is 0 Å². The van der Waals surface area contributed by atoms with Crippen LogP contribution in [0.25, 0.3) is 5.76 Å². The third-order valence-corrected chi connectivity index (χ3v) is 6.45. The normalized spacial score (nSPS) is 27.6. The quantitative estimate of drug-likeness (QED) is 0.409. The summed E-state index contributed by atoms with van der Waals surface area (Å²) in [6, 6.07) is 5.22. The van der Waals surface area contributed by atoms with Crippen molar-refractivity contribution in [2.75, 3.05) is 13.2 Å². The van der Waals surface area contributed by atoms with Crippen molar-refractivity contribution in [3.8, 4) is 5.75 Å². The van der Waals surface area contributed by atoms with E-state index in [-0.39, 0.29) is 37.4 Å². The molecule has 0 unspecified atom stereocenters. The number of carbonyl (C=O) groups is 3. The molecule has 0 aromatic heterocycles. The molecule has 3 aliphatic carbocycles. The van der Waals surface area contributed by atoms with E-state index in [2.05, 4.69) is 0 Å². The zero-order chi connectivity index (χ0) is 22.5. The number of allylic oxidation sites excluding steroid dienone is 1. The van der Waals surface area contributed by atoms with Crippen molar-refractivity contribution in [2.45, 2.75) is 38.2 Å². The predicted molar refractivity (Wildman–Crippen MR) is 108 cm³/mol. The Morgan fingerprint density at radius 3 is 2.65 bits per heavy atom. The van der Waals surface area contributed by atoms with Gasteiger partial charge in [0.2, 0.25) is 5.78 Å². The number of benzene rings is 1. The Morgan fingerprint density at radius 2 is 1.97 bits per heavy atom. The van der Waals surface area contributed by atoms with Gasteiger partial charge in [0, 0.05) is 30.9 Å². The molecule has 0 heterocycles. The second-order valence-electron chi connectivity index (χ2n) is 8.31. The Morgan fingerprint density at radius 1 is 1.23 bits per heavy atom. The molecule has 31 heavy (non-hydrogen) atoms. The minimum atomic E-state index is -2.43. The summed E-state index contributed by atoms with van der Waals surface area (Å²) in [5, 5.41) is 41.9. The molecule has 1 aromatic rings. The molecular weight excluding hydrogens is 404 g/mol. The summed E-state index contributed by atoms with van der Waals surface area (Å²) in [5.41, 5.74) is -1.93. The van der Waals surface area contributed by atoms with Crippen molar-refractivity contribution in [3.63, 3.8) is 0 Å². The highest BCUT2D eigenvalue weighted by Crippen LogP contribution is 2.51. The lowest BCUT2D eigenvalue weighted by molar-refractivity contribution is -0.147. The van der Waals surface area contributed by atoms with Gasteiger partial charge in [0.1, 0.15) is 22.8 Å². The summed E-state index contributed by atoms with van der Waals surface area (Å²) in [5.74, 6) is -4.47. The molecule has 0 saturated heterocycles. The van der Waals surface area contributed by atoms with Gasteiger partial charge in [0.25, 0.3) is 0 Å². The van der Waals surface area contributed by atoms with Crippen molar-refractivity contribution in [2.24, 2.45) is 11.8 Å². The number of aliphatic hydroxyl groups is 4. The highest BCUT2D eigenvalue weighted by atomic mass is 16.5. The van der Waals surface area contributed by atoms with Crippen LogP contribution >= 0.6 is 0 Å². The number of hydrogen-bond acceptors (Lipinski definition) is 8. The number of Topliss-reactive ketones (excluding diaryl/α,β-unsaturated/α-hetero) is 3. The van der Waals surface area contributed by atoms with Gasteiger partial charge in [-0.3, -0.25) is 14.4 Å². The third-order valence-electron chi connectivity index (χ3n) is 6.45. The van der Waals surface area contributed by atoms with Crippen LogP contribution in [0.3, 0.4) is 0 Å². The summed E-state index contributed by atoms with van der Waals surface area (Å²) in [4.78, 5) is 37.7. The van der Waals surface area contributed by atoms with Crippen molar-refractivity contribution in [1.29, 1.82) is 0 Å². The van der Waals surface area contributed by atoms with E-state index in [1.54, 1.807) is 12.1 Å². The lowest BCUT2D eigenvalue weighted by Gasteiger charge is -2.46. The van der Waals surface area contributed by atoms with Crippen LogP contribution in [0.15, 0.2) is 35.1 Å². The molecule has 3 atom stereocenters. The molecule has 1 fully saturated rings. The summed E-state index contributed by atoms with van der Waals surface area (Å²) < 4.78 is 5.67. The van der Waals surface area contributed by atoms with E-state index < -0.39 is 46.1 Å². The van der Waals surface area contributed by atoms with E-state index in [1.165, 1.54) is 0 Å². The first kappa shape index (κ1) is 21.3. The van der Waals surface area contributed by atoms with Gasteiger partial charge in [0.05, 0.1) is 12.2 Å². The monoisotopic (exact) mass is 428 g/mol. The third kappa shape index (κ3) is 3.09. The first-order valence-electron chi connectivity index (χ1n) is 10.3. The molecule has 0 spiro atoms.